The minimum atomic E-state index is -0.193. The van der Waals surface area contributed by atoms with Crippen molar-refractivity contribution < 1.29 is 14.0 Å². The number of nitrogens with zero attached hydrogens (tertiary/aromatic N) is 1. The van der Waals surface area contributed by atoms with Gasteiger partial charge in [0.2, 0.25) is 5.91 Å². The SMILES string of the molecule is O=C(CN1CCC(NC(=O)NCc2ccco2)CC1)Nc1ccccc1. The van der Waals surface area contributed by atoms with Crippen LogP contribution in [0.1, 0.15) is 18.6 Å². The summed E-state index contributed by atoms with van der Waals surface area (Å²) in [4.78, 5) is 26.1. The Balaban J connectivity index is 1.33. The third kappa shape index (κ3) is 5.63. The number of benzene rings is 1. The molecule has 1 aromatic carbocycles. The second-order valence-corrected chi connectivity index (χ2v) is 6.37. The first-order valence-electron chi connectivity index (χ1n) is 8.83. The van der Waals surface area contributed by atoms with E-state index in [0.717, 1.165) is 37.4 Å². The molecule has 0 radical (unpaired) electrons. The highest BCUT2D eigenvalue weighted by Gasteiger charge is 2.22. The van der Waals surface area contributed by atoms with Crippen molar-refractivity contribution in [3.8, 4) is 0 Å². The number of rotatable bonds is 6. The van der Waals surface area contributed by atoms with Gasteiger partial charge in [0.25, 0.3) is 0 Å². The van der Waals surface area contributed by atoms with Gasteiger partial charge in [-0.05, 0) is 37.1 Å². The van der Waals surface area contributed by atoms with Crippen LogP contribution in [0.5, 0.6) is 0 Å². The number of hydrogen-bond donors (Lipinski definition) is 3. The Bertz CT molecular complexity index is 695. The van der Waals surface area contributed by atoms with Gasteiger partial charge in [0.1, 0.15) is 5.76 Å². The summed E-state index contributed by atoms with van der Waals surface area (Å²) in [5.74, 6) is 0.707. The van der Waals surface area contributed by atoms with Crippen LogP contribution in [-0.2, 0) is 11.3 Å². The molecule has 1 aliphatic heterocycles. The van der Waals surface area contributed by atoms with Crippen molar-refractivity contribution >= 4 is 17.6 Å². The van der Waals surface area contributed by atoms with Gasteiger partial charge in [0, 0.05) is 24.8 Å². The molecule has 0 unspecified atom stereocenters. The fourth-order valence-electron chi connectivity index (χ4n) is 2.98. The Morgan fingerprint density at radius 2 is 1.85 bits per heavy atom. The molecule has 3 amide bonds. The molecule has 26 heavy (non-hydrogen) atoms. The van der Waals surface area contributed by atoms with Crippen LogP contribution in [0.15, 0.2) is 53.1 Å². The molecule has 0 aliphatic carbocycles. The third-order valence-corrected chi connectivity index (χ3v) is 4.35. The molecule has 1 aromatic heterocycles. The summed E-state index contributed by atoms with van der Waals surface area (Å²) in [5.41, 5.74) is 0.808. The molecular weight excluding hydrogens is 332 g/mol. The monoisotopic (exact) mass is 356 g/mol. The summed E-state index contributed by atoms with van der Waals surface area (Å²) in [5, 5.41) is 8.65. The summed E-state index contributed by atoms with van der Waals surface area (Å²) < 4.78 is 5.18. The molecule has 3 rings (SSSR count). The van der Waals surface area contributed by atoms with Crippen molar-refractivity contribution in [2.45, 2.75) is 25.4 Å². The second kappa shape index (κ2) is 9.05. The van der Waals surface area contributed by atoms with Gasteiger partial charge in [-0.25, -0.2) is 4.79 Å². The lowest BCUT2D eigenvalue weighted by atomic mass is 10.1. The quantitative estimate of drug-likeness (QED) is 0.740. The van der Waals surface area contributed by atoms with Crippen LogP contribution in [0.3, 0.4) is 0 Å². The van der Waals surface area contributed by atoms with E-state index in [0.29, 0.717) is 13.1 Å². The highest BCUT2D eigenvalue weighted by atomic mass is 16.3. The fraction of sp³-hybridized carbons (Fsp3) is 0.368. The molecule has 2 aromatic rings. The largest absolute Gasteiger partial charge is 0.467 e. The van der Waals surface area contributed by atoms with E-state index in [9.17, 15) is 9.59 Å². The molecule has 7 nitrogen and oxygen atoms in total. The normalized spacial score (nSPS) is 15.4. The third-order valence-electron chi connectivity index (χ3n) is 4.35. The van der Waals surface area contributed by atoms with Crippen molar-refractivity contribution in [2.75, 3.05) is 25.0 Å². The maximum atomic E-state index is 12.1. The van der Waals surface area contributed by atoms with Crippen LogP contribution in [0.25, 0.3) is 0 Å². The van der Waals surface area contributed by atoms with Crippen molar-refractivity contribution in [3.63, 3.8) is 0 Å². The standard InChI is InChI=1S/C19H24N4O3/c24-18(21-15-5-2-1-3-6-15)14-23-10-8-16(9-11-23)22-19(25)20-13-17-7-4-12-26-17/h1-7,12,16H,8-11,13-14H2,(H,21,24)(H2,20,22,25). The molecule has 1 fully saturated rings. The minimum Gasteiger partial charge on any atom is -0.467 e. The molecule has 0 spiro atoms. The van der Waals surface area contributed by atoms with E-state index in [1.807, 2.05) is 36.4 Å². The summed E-state index contributed by atoms with van der Waals surface area (Å²) in [6, 6.07) is 13.0. The minimum absolute atomic E-state index is 0.0150. The fourth-order valence-corrected chi connectivity index (χ4v) is 2.98. The van der Waals surface area contributed by atoms with E-state index in [1.165, 1.54) is 0 Å². The zero-order valence-corrected chi connectivity index (χ0v) is 14.6. The van der Waals surface area contributed by atoms with Gasteiger partial charge in [-0.1, -0.05) is 18.2 Å². The average molecular weight is 356 g/mol. The van der Waals surface area contributed by atoms with Crippen molar-refractivity contribution in [3.05, 3.63) is 54.5 Å². The Kier molecular flexibility index (Phi) is 6.27. The number of urea groups is 1. The van der Waals surface area contributed by atoms with E-state index in [1.54, 1.807) is 12.3 Å². The lowest BCUT2D eigenvalue weighted by Crippen LogP contribution is -2.48. The lowest BCUT2D eigenvalue weighted by molar-refractivity contribution is -0.117. The molecule has 1 aliphatic rings. The molecule has 3 N–H and O–H groups in total. The molecule has 138 valence electrons. The Hall–Kier alpha value is -2.80. The summed E-state index contributed by atoms with van der Waals surface area (Å²) in [7, 11) is 0. The van der Waals surface area contributed by atoms with Crippen LogP contribution in [0.4, 0.5) is 10.5 Å². The van der Waals surface area contributed by atoms with Crippen LogP contribution >= 0.6 is 0 Å². The van der Waals surface area contributed by atoms with Gasteiger partial charge in [0.15, 0.2) is 0 Å². The van der Waals surface area contributed by atoms with Crippen LogP contribution < -0.4 is 16.0 Å². The summed E-state index contributed by atoms with van der Waals surface area (Å²) in [6.45, 7) is 2.31. The number of carbonyl (C=O) groups excluding carboxylic acids is 2. The number of furan rings is 1. The van der Waals surface area contributed by atoms with Crippen molar-refractivity contribution in [1.82, 2.24) is 15.5 Å². The molecule has 0 bridgehead atoms. The Morgan fingerprint density at radius 1 is 1.08 bits per heavy atom. The number of anilines is 1. The number of amides is 3. The summed E-state index contributed by atoms with van der Waals surface area (Å²) >= 11 is 0. The molecule has 0 atom stereocenters. The zero-order chi connectivity index (χ0) is 18.2. The first kappa shape index (κ1) is 18.0. The highest BCUT2D eigenvalue weighted by molar-refractivity contribution is 5.92. The molecule has 7 heteroatoms. The molecule has 0 saturated carbocycles. The van der Waals surface area contributed by atoms with Gasteiger partial charge in [-0.3, -0.25) is 9.69 Å². The van der Waals surface area contributed by atoms with E-state index >= 15 is 0 Å². The highest BCUT2D eigenvalue weighted by Crippen LogP contribution is 2.11. The predicted molar refractivity (Wildman–Crippen MR) is 98.6 cm³/mol. The van der Waals surface area contributed by atoms with Crippen LogP contribution in [0.2, 0.25) is 0 Å². The van der Waals surface area contributed by atoms with Gasteiger partial charge >= 0.3 is 6.03 Å². The summed E-state index contributed by atoms with van der Waals surface area (Å²) in [6.07, 6.45) is 3.23. The number of carbonyl (C=O) groups is 2. The first-order chi connectivity index (χ1) is 12.7. The zero-order valence-electron chi connectivity index (χ0n) is 14.6. The maximum absolute atomic E-state index is 12.1. The molecule has 2 heterocycles. The predicted octanol–water partition coefficient (Wildman–Crippen LogP) is 2.18. The number of likely N-dealkylation sites (tertiary alicyclic amines) is 1. The number of hydrogen-bond acceptors (Lipinski definition) is 4. The number of piperidine rings is 1. The number of para-hydroxylation sites is 1. The van der Waals surface area contributed by atoms with Gasteiger partial charge < -0.3 is 20.4 Å². The first-order valence-corrected chi connectivity index (χ1v) is 8.83. The Morgan fingerprint density at radius 3 is 2.54 bits per heavy atom. The Labute approximate surface area is 152 Å². The van der Waals surface area contributed by atoms with E-state index in [-0.39, 0.29) is 18.0 Å². The van der Waals surface area contributed by atoms with Crippen molar-refractivity contribution in [1.29, 1.82) is 0 Å². The van der Waals surface area contributed by atoms with E-state index in [4.69, 9.17) is 4.42 Å². The average Bonchev–Trinajstić information content (AvgIpc) is 3.16. The van der Waals surface area contributed by atoms with Gasteiger partial charge in [-0.15, -0.1) is 0 Å². The molecular formula is C19H24N4O3. The van der Waals surface area contributed by atoms with Gasteiger partial charge in [0.05, 0.1) is 19.4 Å². The van der Waals surface area contributed by atoms with E-state index < -0.39 is 0 Å². The van der Waals surface area contributed by atoms with Crippen molar-refractivity contribution in [2.24, 2.45) is 0 Å². The number of nitrogens with one attached hydrogen (secondary N) is 3. The van der Waals surface area contributed by atoms with Crippen LogP contribution in [-0.4, -0.2) is 42.5 Å². The van der Waals surface area contributed by atoms with Crippen LogP contribution in [0, 0.1) is 0 Å². The smallest absolute Gasteiger partial charge is 0.315 e. The maximum Gasteiger partial charge on any atom is 0.315 e. The second-order valence-electron chi connectivity index (χ2n) is 6.37. The molecule has 1 saturated heterocycles. The van der Waals surface area contributed by atoms with E-state index in [2.05, 4.69) is 20.9 Å². The topological polar surface area (TPSA) is 86.6 Å². The van der Waals surface area contributed by atoms with Gasteiger partial charge in [-0.2, -0.15) is 0 Å². The lowest BCUT2D eigenvalue weighted by Gasteiger charge is -2.31.